The van der Waals surface area contributed by atoms with E-state index in [0.29, 0.717) is 10.6 Å². The van der Waals surface area contributed by atoms with E-state index in [1.165, 1.54) is 44.2 Å². The molecule has 0 heterocycles. The molecule has 0 aliphatic carbocycles. The third kappa shape index (κ3) is 3.78. The van der Waals surface area contributed by atoms with E-state index >= 15 is 0 Å². The van der Waals surface area contributed by atoms with Gasteiger partial charge in [0.05, 0.1) is 10.5 Å². The summed E-state index contributed by atoms with van der Waals surface area (Å²) in [6, 6.07) is 10.3. The number of hydrogen-bond donors (Lipinski definition) is 0. The lowest BCUT2D eigenvalue weighted by atomic mass is 10.1. The Morgan fingerprint density at radius 3 is 2.38 bits per heavy atom. The van der Waals surface area contributed by atoms with Crippen LogP contribution in [0.2, 0.25) is 5.02 Å². The number of Topliss-reactive ketones (excluding diaryl/α,β-unsaturated/α-hetero) is 1. The number of ketones is 1. The van der Waals surface area contributed by atoms with Gasteiger partial charge in [-0.15, -0.1) is 0 Å². The van der Waals surface area contributed by atoms with Crippen LogP contribution in [0.25, 0.3) is 0 Å². The Balaban J connectivity index is 2.17. The number of ether oxygens (including phenoxy) is 1. The van der Waals surface area contributed by atoms with Gasteiger partial charge in [-0.25, -0.2) is 4.79 Å². The highest BCUT2D eigenvalue weighted by Gasteiger charge is 2.24. The first kappa shape index (κ1) is 17.6. The maximum absolute atomic E-state index is 12.3. The van der Waals surface area contributed by atoms with Crippen LogP contribution in [0, 0.1) is 17.0 Å². The molecule has 0 spiro atoms. The molecular weight excluding hydrogens is 334 g/mol. The molecule has 0 aromatic heterocycles. The monoisotopic (exact) mass is 347 g/mol. The van der Waals surface area contributed by atoms with Crippen LogP contribution in [0.5, 0.6) is 0 Å². The second-order valence-corrected chi connectivity index (χ2v) is 5.56. The average molecular weight is 348 g/mol. The van der Waals surface area contributed by atoms with Crippen LogP contribution in [0.15, 0.2) is 42.5 Å². The predicted molar refractivity (Wildman–Crippen MR) is 88.5 cm³/mol. The zero-order chi connectivity index (χ0) is 17.9. The van der Waals surface area contributed by atoms with Gasteiger partial charge in [0, 0.05) is 22.2 Å². The van der Waals surface area contributed by atoms with E-state index in [1.54, 1.807) is 12.1 Å². The maximum atomic E-state index is 12.3. The second-order valence-electron chi connectivity index (χ2n) is 5.13. The van der Waals surface area contributed by atoms with Gasteiger partial charge < -0.3 is 4.74 Å². The smallest absolute Gasteiger partial charge is 0.339 e. The number of carbonyl (C=O) groups is 2. The van der Waals surface area contributed by atoms with Gasteiger partial charge in [0.1, 0.15) is 0 Å². The topological polar surface area (TPSA) is 86.5 Å². The van der Waals surface area contributed by atoms with Gasteiger partial charge in [0.25, 0.3) is 5.69 Å². The molecule has 0 radical (unpaired) electrons. The highest BCUT2D eigenvalue weighted by Crippen LogP contribution is 2.22. The Bertz CT molecular complexity index is 801. The number of nitro groups is 1. The molecule has 0 aliphatic rings. The Kier molecular flexibility index (Phi) is 5.31. The van der Waals surface area contributed by atoms with Crippen molar-refractivity contribution in [1.82, 2.24) is 0 Å². The summed E-state index contributed by atoms with van der Waals surface area (Å²) in [7, 11) is 0. The first-order chi connectivity index (χ1) is 11.3. The molecule has 124 valence electrons. The number of hydrogen-bond acceptors (Lipinski definition) is 5. The van der Waals surface area contributed by atoms with Crippen molar-refractivity contribution in [3.05, 3.63) is 74.3 Å². The van der Waals surface area contributed by atoms with E-state index in [1.807, 2.05) is 0 Å². The quantitative estimate of drug-likeness (QED) is 0.353. The highest BCUT2D eigenvalue weighted by atomic mass is 35.5. The largest absolute Gasteiger partial charge is 0.451 e. The van der Waals surface area contributed by atoms with Crippen LogP contribution in [-0.2, 0) is 4.74 Å². The van der Waals surface area contributed by atoms with Crippen LogP contribution in [-0.4, -0.2) is 22.8 Å². The Morgan fingerprint density at radius 1 is 1.17 bits per heavy atom. The van der Waals surface area contributed by atoms with E-state index in [4.69, 9.17) is 16.3 Å². The van der Waals surface area contributed by atoms with Gasteiger partial charge in [0.2, 0.25) is 5.78 Å². The van der Waals surface area contributed by atoms with Crippen molar-refractivity contribution in [3.63, 3.8) is 0 Å². The zero-order valence-corrected chi connectivity index (χ0v) is 13.7. The van der Waals surface area contributed by atoms with Gasteiger partial charge in [-0.2, -0.15) is 0 Å². The zero-order valence-electron chi connectivity index (χ0n) is 13.0. The van der Waals surface area contributed by atoms with Gasteiger partial charge in [-0.1, -0.05) is 17.7 Å². The lowest BCUT2D eigenvalue weighted by Gasteiger charge is -2.13. The molecule has 2 rings (SSSR count). The summed E-state index contributed by atoms with van der Waals surface area (Å²) in [5.41, 5.74) is 0.426. The van der Waals surface area contributed by atoms with Crippen molar-refractivity contribution in [2.45, 2.75) is 20.0 Å². The van der Waals surface area contributed by atoms with Crippen LogP contribution in [0.1, 0.15) is 33.2 Å². The molecule has 1 atom stereocenters. The summed E-state index contributed by atoms with van der Waals surface area (Å²) < 4.78 is 5.15. The van der Waals surface area contributed by atoms with Crippen LogP contribution < -0.4 is 0 Å². The third-order valence-corrected chi connectivity index (χ3v) is 3.76. The highest BCUT2D eigenvalue weighted by molar-refractivity contribution is 6.30. The Hall–Kier alpha value is -2.73. The molecule has 0 saturated heterocycles. The van der Waals surface area contributed by atoms with Crippen LogP contribution in [0.4, 0.5) is 5.69 Å². The standard InChI is InChI=1S/C17H14ClNO5/c1-10-14(4-3-5-15(10)19(22)23)17(21)24-11(2)16(20)12-6-8-13(18)9-7-12/h3-9,11H,1-2H3/t11-/m0/s1. The normalized spacial score (nSPS) is 11.6. The Labute approximate surface area is 143 Å². The van der Waals surface area contributed by atoms with Crippen LogP contribution >= 0.6 is 11.6 Å². The summed E-state index contributed by atoms with van der Waals surface area (Å²) >= 11 is 5.77. The molecule has 0 saturated carbocycles. The van der Waals surface area contributed by atoms with Crippen molar-refractivity contribution in [2.24, 2.45) is 0 Å². The average Bonchev–Trinajstić information content (AvgIpc) is 2.54. The SMILES string of the molecule is Cc1c(C(=O)O[C@@H](C)C(=O)c2ccc(Cl)cc2)cccc1[N+](=O)[O-]. The summed E-state index contributed by atoms with van der Waals surface area (Å²) in [5.74, 6) is -1.17. The van der Waals surface area contributed by atoms with E-state index in [0.717, 1.165) is 0 Å². The maximum Gasteiger partial charge on any atom is 0.339 e. The number of rotatable bonds is 5. The number of esters is 1. The van der Waals surface area contributed by atoms with Gasteiger partial charge >= 0.3 is 5.97 Å². The Morgan fingerprint density at radius 2 is 1.79 bits per heavy atom. The minimum Gasteiger partial charge on any atom is -0.451 e. The molecule has 0 amide bonds. The predicted octanol–water partition coefficient (Wildman–Crippen LogP) is 3.98. The molecule has 2 aromatic rings. The molecule has 6 nitrogen and oxygen atoms in total. The molecule has 0 aliphatic heterocycles. The van der Waals surface area contributed by atoms with Gasteiger partial charge in [-0.3, -0.25) is 14.9 Å². The number of carbonyl (C=O) groups excluding carboxylic acids is 2. The van der Waals surface area contributed by atoms with Crippen molar-refractivity contribution in [2.75, 3.05) is 0 Å². The fourth-order valence-corrected chi connectivity index (χ4v) is 2.29. The molecule has 2 aromatic carbocycles. The van der Waals surface area contributed by atoms with Crippen molar-refractivity contribution in [1.29, 1.82) is 0 Å². The minimum atomic E-state index is -1.03. The molecular formula is C17H14ClNO5. The lowest BCUT2D eigenvalue weighted by molar-refractivity contribution is -0.385. The van der Waals surface area contributed by atoms with Crippen molar-refractivity contribution in [3.8, 4) is 0 Å². The number of nitrogens with zero attached hydrogens (tertiary/aromatic N) is 1. The second kappa shape index (κ2) is 7.23. The van der Waals surface area contributed by atoms with E-state index in [9.17, 15) is 19.7 Å². The van der Waals surface area contributed by atoms with E-state index in [-0.39, 0.29) is 22.6 Å². The summed E-state index contributed by atoms with van der Waals surface area (Å²) in [6.07, 6.45) is -1.03. The van der Waals surface area contributed by atoms with Gasteiger partial charge in [-0.05, 0) is 44.2 Å². The molecule has 0 fully saturated rings. The molecule has 0 bridgehead atoms. The number of halogens is 1. The molecule has 0 N–H and O–H groups in total. The van der Waals surface area contributed by atoms with Crippen LogP contribution in [0.3, 0.4) is 0 Å². The van der Waals surface area contributed by atoms with E-state index < -0.39 is 17.0 Å². The first-order valence-electron chi connectivity index (χ1n) is 7.06. The summed E-state index contributed by atoms with van der Waals surface area (Å²) in [5, 5.41) is 11.4. The molecule has 0 unspecified atom stereocenters. The summed E-state index contributed by atoms with van der Waals surface area (Å²) in [6.45, 7) is 2.90. The minimum absolute atomic E-state index is 0.0555. The molecule has 24 heavy (non-hydrogen) atoms. The lowest BCUT2D eigenvalue weighted by Crippen LogP contribution is -2.24. The van der Waals surface area contributed by atoms with Crippen molar-refractivity contribution >= 4 is 29.0 Å². The number of benzene rings is 2. The number of nitro benzene ring substituents is 1. The molecule has 7 heteroatoms. The fourth-order valence-electron chi connectivity index (χ4n) is 2.17. The van der Waals surface area contributed by atoms with Gasteiger partial charge in [0.15, 0.2) is 6.10 Å². The van der Waals surface area contributed by atoms with E-state index in [2.05, 4.69) is 0 Å². The first-order valence-corrected chi connectivity index (χ1v) is 7.44. The summed E-state index contributed by atoms with van der Waals surface area (Å²) in [4.78, 5) is 34.8. The third-order valence-electron chi connectivity index (χ3n) is 3.50. The van der Waals surface area contributed by atoms with Crippen molar-refractivity contribution < 1.29 is 19.2 Å². The fraction of sp³-hybridized carbons (Fsp3) is 0.176.